The number of nitrogens with zero attached hydrogens (tertiary/aromatic N) is 2. The van der Waals surface area contributed by atoms with E-state index in [-0.39, 0.29) is 5.41 Å². The normalized spacial score (nSPS) is 13.4. The smallest absolute Gasteiger partial charge is 0.227 e. The summed E-state index contributed by atoms with van der Waals surface area (Å²) in [5.41, 5.74) is 12.5. The van der Waals surface area contributed by atoms with Crippen LogP contribution in [0.15, 0.2) is 142 Å². The number of oxazole rings is 1. The van der Waals surface area contributed by atoms with Gasteiger partial charge >= 0.3 is 0 Å². The summed E-state index contributed by atoms with van der Waals surface area (Å²) in [7, 11) is 0. The van der Waals surface area contributed by atoms with Crippen LogP contribution in [0.1, 0.15) is 25.0 Å². The zero-order valence-corrected chi connectivity index (χ0v) is 24.4. The van der Waals surface area contributed by atoms with E-state index in [1.54, 1.807) is 0 Å². The van der Waals surface area contributed by atoms with Crippen LogP contribution in [0, 0.1) is 0 Å². The van der Waals surface area contributed by atoms with E-state index < -0.39 is 0 Å². The van der Waals surface area contributed by atoms with Gasteiger partial charge in [-0.25, -0.2) is 4.98 Å². The fourth-order valence-electron chi connectivity index (χ4n) is 7.03. The van der Waals surface area contributed by atoms with E-state index in [9.17, 15) is 0 Å². The maximum absolute atomic E-state index is 6.51. The van der Waals surface area contributed by atoms with Crippen LogP contribution in [-0.4, -0.2) is 4.98 Å². The largest absolute Gasteiger partial charge is 0.456 e. The zero-order valence-electron chi connectivity index (χ0n) is 24.4. The van der Waals surface area contributed by atoms with Gasteiger partial charge in [0.2, 0.25) is 5.89 Å². The standard InChI is InChI=1S/C40H28N2O2/c1-40(2)29-18-10-9-17-27(29)37-30(40)19-11-20-32(37)42(26-15-7-4-8-16-26)33-21-12-22-34-38(33)28-23-31-36(24-35(28)43-34)44-39(41-31)25-13-5-3-6-14-25/h3-24H,1-2H3. The molecule has 2 aromatic heterocycles. The highest BCUT2D eigenvalue weighted by Crippen LogP contribution is 2.55. The second kappa shape index (κ2) is 9.19. The van der Waals surface area contributed by atoms with Crippen LogP contribution in [0.4, 0.5) is 17.1 Å². The Morgan fingerprint density at radius 2 is 1.30 bits per heavy atom. The average molecular weight is 569 g/mol. The summed E-state index contributed by atoms with van der Waals surface area (Å²) in [4.78, 5) is 7.26. The third kappa shape index (κ3) is 3.54. The Kier molecular flexibility index (Phi) is 5.21. The number of benzene rings is 6. The Labute approximate surface area is 254 Å². The third-order valence-corrected chi connectivity index (χ3v) is 9.09. The molecule has 44 heavy (non-hydrogen) atoms. The van der Waals surface area contributed by atoms with E-state index in [0.29, 0.717) is 11.5 Å². The van der Waals surface area contributed by atoms with Crippen LogP contribution in [0.2, 0.25) is 0 Å². The molecule has 0 spiro atoms. The Hall–Kier alpha value is -5.61. The Balaban J connectivity index is 1.32. The summed E-state index contributed by atoms with van der Waals surface area (Å²) in [5.74, 6) is 0.602. The number of para-hydroxylation sites is 1. The van der Waals surface area contributed by atoms with E-state index in [2.05, 4.69) is 110 Å². The highest BCUT2D eigenvalue weighted by atomic mass is 16.4. The molecule has 0 saturated carbocycles. The summed E-state index contributed by atoms with van der Waals surface area (Å²) < 4.78 is 12.7. The monoisotopic (exact) mass is 568 g/mol. The van der Waals surface area contributed by atoms with Crippen molar-refractivity contribution in [1.29, 1.82) is 0 Å². The number of fused-ring (bicyclic) bond motifs is 7. The van der Waals surface area contributed by atoms with E-state index in [0.717, 1.165) is 50.1 Å². The fourth-order valence-corrected chi connectivity index (χ4v) is 7.03. The molecule has 1 aliphatic rings. The van der Waals surface area contributed by atoms with Crippen LogP contribution in [0.25, 0.3) is 55.6 Å². The van der Waals surface area contributed by atoms with Crippen molar-refractivity contribution in [2.24, 2.45) is 0 Å². The maximum atomic E-state index is 6.51. The van der Waals surface area contributed by atoms with Gasteiger partial charge in [-0.05, 0) is 65.2 Å². The van der Waals surface area contributed by atoms with E-state index in [1.165, 1.54) is 22.3 Å². The van der Waals surface area contributed by atoms with Crippen molar-refractivity contribution in [3.05, 3.63) is 145 Å². The number of hydrogen-bond donors (Lipinski definition) is 0. The molecule has 4 nitrogen and oxygen atoms in total. The van der Waals surface area contributed by atoms with Crippen LogP contribution in [0.3, 0.4) is 0 Å². The number of hydrogen-bond acceptors (Lipinski definition) is 4. The number of furan rings is 1. The van der Waals surface area contributed by atoms with Gasteiger partial charge in [0.05, 0.1) is 16.8 Å². The molecule has 4 heteroatoms. The van der Waals surface area contributed by atoms with Gasteiger partial charge in [0.25, 0.3) is 0 Å². The molecule has 210 valence electrons. The molecular formula is C40H28N2O2. The van der Waals surface area contributed by atoms with E-state index in [4.69, 9.17) is 13.8 Å². The predicted octanol–water partition coefficient (Wildman–Crippen LogP) is 11.2. The highest BCUT2D eigenvalue weighted by molar-refractivity contribution is 6.16. The molecule has 0 aliphatic heterocycles. The van der Waals surface area contributed by atoms with Crippen molar-refractivity contribution in [3.63, 3.8) is 0 Å². The maximum Gasteiger partial charge on any atom is 0.227 e. The molecule has 0 fully saturated rings. The summed E-state index contributed by atoms with van der Waals surface area (Å²) in [6, 6.07) is 46.5. The van der Waals surface area contributed by atoms with Crippen molar-refractivity contribution in [2.75, 3.05) is 4.90 Å². The SMILES string of the molecule is CC1(C)c2ccccc2-c2c(N(c3ccccc3)c3cccc4oc5cc6oc(-c7ccccc7)nc6cc5c34)cccc21. The van der Waals surface area contributed by atoms with Crippen LogP contribution in [0.5, 0.6) is 0 Å². The Bertz CT molecular complexity index is 2360. The summed E-state index contributed by atoms with van der Waals surface area (Å²) in [5, 5.41) is 2.05. The second-order valence-electron chi connectivity index (χ2n) is 12.0. The molecular weight excluding hydrogens is 540 g/mol. The first-order valence-corrected chi connectivity index (χ1v) is 15.0. The minimum Gasteiger partial charge on any atom is -0.456 e. The van der Waals surface area contributed by atoms with Gasteiger partial charge in [-0.15, -0.1) is 0 Å². The van der Waals surface area contributed by atoms with Crippen molar-refractivity contribution in [1.82, 2.24) is 4.98 Å². The predicted molar refractivity (Wildman–Crippen MR) is 179 cm³/mol. The number of rotatable bonds is 4. The summed E-state index contributed by atoms with van der Waals surface area (Å²) >= 11 is 0. The van der Waals surface area contributed by atoms with Crippen molar-refractivity contribution < 1.29 is 8.83 Å². The Morgan fingerprint density at radius 1 is 0.591 bits per heavy atom. The van der Waals surface area contributed by atoms with Crippen molar-refractivity contribution in [2.45, 2.75) is 19.3 Å². The highest BCUT2D eigenvalue weighted by Gasteiger charge is 2.38. The van der Waals surface area contributed by atoms with Crippen molar-refractivity contribution in [3.8, 4) is 22.6 Å². The minimum atomic E-state index is -0.104. The van der Waals surface area contributed by atoms with Gasteiger partial charge in [0.1, 0.15) is 16.7 Å². The molecule has 2 heterocycles. The summed E-state index contributed by atoms with van der Waals surface area (Å²) in [6.45, 7) is 4.65. The molecule has 0 atom stereocenters. The van der Waals surface area contributed by atoms with Gasteiger partial charge < -0.3 is 13.7 Å². The van der Waals surface area contributed by atoms with Gasteiger partial charge in [-0.2, -0.15) is 0 Å². The van der Waals surface area contributed by atoms with E-state index >= 15 is 0 Å². The molecule has 9 rings (SSSR count). The molecule has 0 bridgehead atoms. The minimum absolute atomic E-state index is 0.104. The van der Waals surface area contributed by atoms with Crippen LogP contribution in [-0.2, 0) is 5.41 Å². The van der Waals surface area contributed by atoms with Gasteiger partial charge in [0, 0.05) is 33.7 Å². The lowest BCUT2D eigenvalue weighted by atomic mass is 9.82. The van der Waals surface area contributed by atoms with Gasteiger partial charge in [0.15, 0.2) is 5.58 Å². The quantitative estimate of drug-likeness (QED) is 0.212. The molecule has 6 aromatic carbocycles. The molecule has 0 radical (unpaired) electrons. The lowest BCUT2D eigenvalue weighted by molar-refractivity contribution is 0.617. The molecule has 8 aromatic rings. The first-order chi connectivity index (χ1) is 21.6. The van der Waals surface area contributed by atoms with Crippen LogP contribution >= 0.6 is 0 Å². The molecule has 0 amide bonds. The summed E-state index contributed by atoms with van der Waals surface area (Å²) in [6.07, 6.45) is 0. The van der Waals surface area contributed by atoms with Crippen molar-refractivity contribution >= 4 is 50.1 Å². The molecule has 0 saturated heterocycles. The zero-order chi connectivity index (χ0) is 29.4. The first-order valence-electron chi connectivity index (χ1n) is 15.0. The first kappa shape index (κ1) is 24.9. The molecule has 1 aliphatic carbocycles. The molecule has 0 unspecified atom stereocenters. The lowest BCUT2D eigenvalue weighted by Crippen LogP contribution is -2.16. The van der Waals surface area contributed by atoms with E-state index in [1.807, 2.05) is 42.5 Å². The average Bonchev–Trinajstić information content (AvgIpc) is 3.72. The Morgan fingerprint density at radius 3 is 2.14 bits per heavy atom. The van der Waals surface area contributed by atoms with Gasteiger partial charge in [-0.1, -0.05) is 92.7 Å². The second-order valence-corrected chi connectivity index (χ2v) is 12.0. The number of anilines is 3. The third-order valence-electron chi connectivity index (χ3n) is 9.09. The van der Waals surface area contributed by atoms with Crippen LogP contribution < -0.4 is 4.90 Å². The number of aromatic nitrogens is 1. The van der Waals surface area contributed by atoms with Gasteiger partial charge in [-0.3, -0.25) is 0 Å². The lowest BCUT2D eigenvalue weighted by Gasteiger charge is -2.29. The molecule has 0 N–H and O–H groups in total. The fraction of sp³-hybridized carbons (Fsp3) is 0.0750. The topological polar surface area (TPSA) is 42.4 Å².